The highest BCUT2D eigenvalue weighted by atomic mass is 15.3. The lowest BCUT2D eigenvalue weighted by molar-refractivity contribution is 0.876. The predicted octanol–water partition coefficient (Wildman–Crippen LogP) is 13.8. The fourth-order valence-corrected chi connectivity index (χ4v) is 10.1. The topological polar surface area (TPSA) is 71.3 Å². The van der Waals surface area contributed by atoms with Crippen molar-refractivity contribution in [2.24, 2.45) is 0 Å². The first-order valence-electron chi connectivity index (χ1n) is 21.8. The smallest absolute Gasteiger partial charge is 0.240 e. The lowest BCUT2D eigenvalue weighted by atomic mass is 10.1. The minimum absolute atomic E-state index is 0.481. The van der Waals surface area contributed by atoms with E-state index in [0.717, 1.165) is 83.0 Å². The number of nitrogens with zero attached hydrogens (tertiary/aromatic N) is 8. The van der Waals surface area contributed by atoms with E-state index in [1.807, 2.05) is 25.1 Å². The Hall–Kier alpha value is -8.88. The molecular weight excluding hydrogens is 797 g/mol. The molecule has 6 heterocycles. The van der Waals surface area contributed by atoms with Crippen molar-refractivity contribution < 1.29 is 0 Å². The van der Waals surface area contributed by atoms with Gasteiger partial charge in [0, 0.05) is 72.6 Å². The molecule has 0 unspecified atom stereocenters. The van der Waals surface area contributed by atoms with Crippen LogP contribution in [0.1, 0.15) is 18.2 Å². The molecule has 0 radical (unpaired) electrons. The van der Waals surface area contributed by atoms with Gasteiger partial charge in [-0.1, -0.05) is 110 Å². The minimum atomic E-state index is 0.481. The summed E-state index contributed by atoms with van der Waals surface area (Å²) in [6.45, 7) is 6.41. The van der Waals surface area contributed by atoms with Gasteiger partial charge in [-0.25, -0.2) is 0 Å². The van der Waals surface area contributed by atoms with Crippen LogP contribution in [0.15, 0.2) is 195 Å². The zero-order valence-corrected chi connectivity index (χ0v) is 35.3. The van der Waals surface area contributed by atoms with E-state index >= 15 is 0 Å². The molecule has 0 spiro atoms. The first-order chi connectivity index (χ1) is 32.2. The summed E-state index contributed by atoms with van der Waals surface area (Å²) >= 11 is 0. The van der Waals surface area contributed by atoms with Gasteiger partial charge >= 0.3 is 0 Å². The van der Waals surface area contributed by atoms with Gasteiger partial charge in [0.1, 0.15) is 0 Å². The van der Waals surface area contributed by atoms with Crippen molar-refractivity contribution in [3.8, 4) is 34.7 Å². The molecule has 0 amide bonds. The number of allylic oxidation sites excluding steroid dienone is 1. The Bertz CT molecular complexity index is 4000. The van der Waals surface area contributed by atoms with E-state index in [4.69, 9.17) is 15.0 Å². The average Bonchev–Trinajstić information content (AvgIpc) is 4.09. The molecule has 0 saturated carbocycles. The Morgan fingerprint density at radius 3 is 1.32 bits per heavy atom. The van der Waals surface area contributed by atoms with E-state index < -0.39 is 0 Å². The van der Waals surface area contributed by atoms with E-state index in [-0.39, 0.29) is 0 Å². The molecule has 8 heteroatoms. The number of benzene rings is 7. The zero-order chi connectivity index (χ0) is 43.2. The molecule has 0 fully saturated rings. The largest absolute Gasteiger partial charge is 0.309 e. The normalized spacial score (nSPS) is 12.1. The van der Waals surface area contributed by atoms with Gasteiger partial charge < -0.3 is 9.13 Å². The van der Waals surface area contributed by atoms with Crippen molar-refractivity contribution in [3.05, 3.63) is 206 Å². The van der Waals surface area contributed by atoms with E-state index in [0.29, 0.717) is 17.7 Å². The highest BCUT2D eigenvalue weighted by Crippen LogP contribution is 2.39. The van der Waals surface area contributed by atoms with Gasteiger partial charge in [0.25, 0.3) is 0 Å². The third-order valence-electron chi connectivity index (χ3n) is 12.8. The molecule has 65 heavy (non-hydrogen) atoms. The van der Waals surface area contributed by atoms with Crippen LogP contribution in [-0.4, -0.2) is 38.2 Å². The van der Waals surface area contributed by atoms with E-state index in [9.17, 15) is 0 Å². The van der Waals surface area contributed by atoms with Crippen LogP contribution in [0.2, 0.25) is 0 Å². The molecule has 13 aromatic rings. The molecule has 0 N–H and O–H groups in total. The highest BCUT2D eigenvalue weighted by Gasteiger charge is 2.23. The second-order valence-electron chi connectivity index (χ2n) is 16.3. The molecule has 7 aromatic carbocycles. The highest BCUT2D eigenvalue weighted by molar-refractivity contribution is 6.13. The van der Waals surface area contributed by atoms with E-state index in [2.05, 4.69) is 200 Å². The molecule has 0 aliphatic rings. The first kappa shape index (κ1) is 36.7. The number of fused-ring (bicyclic) bond motifs is 10. The number of para-hydroxylation sites is 5. The van der Waals surface area contributed by atoms with Crippen molar-refractivity contribution in [1.82, 2.24) is 38.2 Å². The van der Waals surface area contributed by atoms with E-state index in [1.54, 1.807) is 12.4 Å². The fourth-order valence-electron chi connectivity index (χ4n) is 10.1. The van der Waals surface area contributed by atoms with Crippen LogP contribution in [0.5, 0.6) is 0 Å². The summed E-state index contributed by atoms with van der Waals surface area (Å²) in [5.41, 5.74) is 12.5. The maximum Gasteiger partial charge on any atom is 0.240 e. The van der Waals surface area contributed by atoms with Crippen LogP contribution in [0, 0.1) is 0 Å². The second kappa shape index (κ2) is 14.3. The third-order valence-corrected chi connectivity index (χ3v) is 12.8. The van der Waals surface area contributed by atoms with Crippen molar-refractivity contribution >= 4 is 88.5 Å². The van der Waals surface area contributed by atoms with E-state index in [1.165, 1.54) is 21.5 Å². The summed E-state index contributed by atoms with van der Waals surface area (Å²) in [6, 6.07) is 60.2. The molecule has 8 nitrogen and oxygen atoms in total. The Morgan fingerprint density at radius 1 is 0.415 bits per heavy atom. The van der Waals surface area contributed by atoms with Gasteiger partial charge in [-0.05, 0) is 91.9 Å². The van der Waals surface area contributed by atoms with Crippen LogP contribution in [-0.2, 0) is 0 Å². The van der Waals surface area contributed by atoms with Gasteiger partial charge in [-0.3, -0.25) is 14.1 Å². The lowest BCUT2D eigenvalue weighted by Gasteiger charge is -2.13. The minimum Gasteiger partial charge on any atom is -0.309 e. The Kier molecular flexibility index (Phi) is 8.10. The molecule has 0 aliphatic carbocycles. The quantitative estimate of drug-likeness (QED) is 0.160. The molecule has 6 aromatic heterocycles. The van der Waals surface area contributed by atoms with Gasteiger partial charge in [0.15, 0.2) is 5.82 Å². The first-order valence-corrected chi connectivity index (χ1v) is 21.8. The summed E-state index contributed by atoms with van der Waals surface area (Å²) in [5, 5.41) is 8.14. The molecule has 0 aliphatic heterocycles. The van der Waals surface area contributed by atoms with Gasteiger partial charge in [0.2, 0.25) is 11.9 Å². The number of pyridine rings is 1. The van der Waals surface area contributed by atoms with Crippen LogP contribution >= 0.6 is 0 Å². The maximum absolute atomic E-state index is 5.42. The van der Waals surface area contributed by atoms with Crippen LogP contribution < -0.4 is 0 Å². The monoisotopic (exact) mass is 834 g/mol. The molecular formula is C57H38N8. The zero-order valence-electron chi connectivity index (χ0n) is 35.3. The van der Waals surface area contributed by atoms with Gasteiger partial charge in [-0.2, -0.15) is 15.0 Å². The van der Waals surface area contributed by atoms with Crippen molar-refractivity contribution in [1.29, 1.82) is 0 Å². The fraction of sp³-hybridized carbons (Fsp3) is 0.0175. The summed E-state index contributed by atoms with van der Waals surface area (Å²) in [5.74, 6) is 1.52. The van der Waals surface area contributed by atoms with Gasteiger partial charge in [0.05, 0.1) is 44.3 Å². The maximum atomic E-state index is 5.42. The summed E-state index contributed by atoms with van der Waals surface area (Å²) < 4.78 is 9.01. The van der Waals surface area contributed by atoms with Crippen LogP contribution in [0.3, 0.4) is 0 Å². The summed E-state index contributed by atoms with van der Waals surface area (Å²) in [4.78, 5) is 20.3. The summed E-state index contributed by atoms with van der Waals surface area (Å²) in [6.07, 6.45) is 9.68. The van der Waals surface area contributed by atoms with Crippen molar-refractivity contribution in [2.75, 3.05) is 0 Å². The lowest BCUT2D eigenvalue weighted by Crippen LogP contribution is -2.11. The molecule has 306 valence electrons. The Labute approximate surface area is 372 Å². The molecule has 0 atom stereocenters. The predicted molar refractivity (Wildman–Crippen MR) is 268 cm³/mol. The van der Waals surface area contributed by atoms with Crippen LogP contribution in [0.25, 0.3) is 123 Å². The number of hydrogen-bond donors (Lipinski definition) is 0. The summed E-state index contributed by atoms with van der Waals surface area (Å²) in [7, 11) is 0. The SMILES string of the molecule is C=Cc1c(/C=C\C)c2cc(-n3c4ccccc4c4ccccc43)ccc2n1-c1nc(-c2ccncc2)nc(-n2c3ccccc3c3cc(-n4c5ccccc5c5ccccc54)ccc32)n1. The molecule has 13 rings (SSSR count). The Balaban J connectivity index is 1.06. The average molecular weight is 835 g/mol. The van der Waals surface area contributed by atoms with Gasteiger partial charge in [-0.15, -0.1) is 0 Å². The standard InChI is InChI=1S/C57H38N8/c1-3-15-39-45-34-37(62-48-21-10-5-16-40(48)41-17-6-11-22-49(41)62)26-28-53(45)64(47(39)4-2)56-59-55(36-30-32-58-33-31-36)60-57(61-56)65-52-25-14-9-20-44(52)46-35-38(27-29-54(46)65)63-50-23-12-7-18-42(50)43-19-8-13-24-51(43)63/h3-35H,2H2,1H3/b15-3-. The molecule has 0 saturated heterocycles. The van der Waals surface area contributed by atoms with Crippen molar-refractivity contribution in [3.63, 3.8) is 0 Å². The van der Waals surface area contributed by atoms with Crippen molar-refractivity contribution in [2.45, 2.75) is 6.92 Å². The second-order valence-corrected chi connectivity index (χ2v) is 16.3. The third kappa shape index (κ3) is 5.44. The number of aromatic nitrogens is 8. The molecule has 0 bridgehead atoms. The number of rotatable bonds is 7. The number of hydrogen-bond acceptors (Lipinski definition) is 4. The Morgan fingerprint density at radius 2 is 0.831 bits per heavy atom. The van der Waals surface area contributed by atoms with Crippen LogP contribution in [0.4, 0.5) is 0 Å².